The van der Waals surface area contributed by atoms with Crippen molar-refractivity contribution < 1.29 is 18.3 Å². The maximum Gasteiger partial charge on any atom is 0.248 e. The molecule has 1 fully saturated rings. The van der Waals surface area contributed by atoms with Crippen molar-refractivity contribution in [3.05, 3.63) is 24.3 Å². The Morgan fingerprint density at radius 1 is 1.38 bits per heavy atom. The van der Waals surface area contributed by atoms with E-state index in [4.69, 9.17) is 4.74 Å². The first kappa shape index (κ1) is 14.3. The van der Waals surface area contributed by atoms with Gasteiger partial charge in [-0.1, -0.05) is 12.1 Å². The van der Waals surface area contributed by atoms with Crippen LogP contribution in [0.5, 0.6) is 5.75 Å². The van der Waals surface area contributed by atoms with Crippen molar-refractivity contribution in [1.82, 2.24) is 0 Å². The lowest BCUT2D eigenvalue weighted by molar-refractivity contribution is -0.122. The third kappa shape index (κ3) is 2.61. The highest BCUT2D eigenvalue weighted by molar-refractivity contribution is 5.98. The van der Waals surface area contributed by atoms with Crippen LogP contribution in [-0.4, -0.2) is 24.0 Å². The average molecular weight is 295 g/mol. The lowest BCUT2D eigenvalue weighted by Crippen LogP contribution is -2.50. The number of carbonyl (C=O) groups excluding carboxylic acids is 1. The molecule has 2 atom stereocenters. The lowest BCUT2D eigenvalue weighted by atomic mass is 10.0. The Morgan fingerprint density at radius 2 is 2.05 bits per heavy atom. The van der Waals surface area contributed by atoms with Crippen molar-refractivity contribution in [2.75, 3.05) is 11.4 Å². The number of carbonyl (C=O) groups is 1. The normalized spacial score (nSPS) is 26.8. The molecule has 1 aliphatic heterocycles. The molecule has 1 aliphatic carbocycles. The summed E-state index contributed by atoms with van der Waals surface area (Å²) in [6.45, 7) is 5.05. The van der Waals surface area contributed by atoms with Crippen LogP contribution < -0.4 is 9.64 Å². The van der Waals surface area contributed by atoms with Crippen molar-refractivity contribution >= 4 is 11.6 Å². The maximum atomic E-state index is 13.3. The molecule has 0 radical (unpaired) electrons. The summed E-state index contributed by atoms with van der Waals surface area (Å²) in [6, 6.07) is 7.25. The van der Waals surface area contributed by atoms with E-state index in [0.717, 1.165) is 6.92 Å². The van der Waals surface area contributed by atoms with Crippen LogP contribution in [0.4, 0.5) is 14.5 Å². The first-order valence-electron chi connectivity index (χ1n) is 7.16. The molecule has 5 heteroatoms. The van der Waals surface area contributed by atoms with Crippen molar-refractivity contribution in [2.24, 2.45) is 11.8 Å². The zero-order valence-corrected chi connectivity index (χ0v) is 12.4. The van der Waals surface area contributed by atoms with E-state index in [0.29, 0.717) is 18.0 Å². The number of hydrogen-bond donors (Lipinski definition) is 0. The molecule has 3 rings (SSSR count). The summed E-state index contributed by atoms with van der Waals surface area (Å²) in [5, 5.41) is 0. The monoisotopic (exact) mass is 295 g/mol. The Hall–Kier alpha value is -1.65. The number of ether oxygens (including phenoxy) is 1. The van der Waals surface area contributed by atoms with E-state index in [9.17, 15) is 13.6 Å². The number of amides is 1. The van der Waals surface area contributed by atoms with Crippen molar-refractivity contribution in [3.63, 3.8) is 0 Å². The molecule has 114 valence electrons. The topological polar surface area (TPSA) is 29.5 Å². The summed E-state index contributed by atoms with van der Waals surface area (Å²) in [5.74, 6) is -3.79. The highest BCUT2D eigenvalue weighted by atomic mass is 19.3. The van der Waals surface area contributed by atoms with Gasteiger partial charge in [-0.15, -0.1) is 0 Å². The third-order valence-electron chi connectivity index (χ3n) is 4.11. The Morgan fingerprint density at radius 3 is 2.67 bits per heavy atom. The van der Waals surface area contributed by atoms with Gasteiger partial charge >= 0.3 is 0 Å². The Bertz CT molecular complexity index is 580. The fraction of sp³-hybridized carbons (Fsp3) is 0.562. The number of nitrogens with zero attached hydrogens (tertiary/aromatic N) is 1. The molecule has 0 spiro atoms. The zero-order chi connectivity index (χ0) is 15.4. The largest absolute Gasteiger partial charge is 0.484 e. The van der Waals surface area contributed by atoms with Crippen LogP contribution in [0, 0.1) is 11.8 Å². The third-order valence-corrected chi connectivity index (χ3v) is 4.11. The van der Waals surface area contributed by atoms with Gasteiger partial charge < -0.3 is 9.64 Å². The molecule has 1 saturated carbocycles. The fourth-order valence-electron chi connectivity index (χ4n) is 2.99. The van der Waals surface area contributed by atoms with E-state index in [-0.39, 0.29) is 12.3 Å². The molecular formula is C16H19F2NO2. The molecule has 3 nitrogen and oxygen atoms in total. The second-order valence-corrected chi connectivity index (χ2v) is 6.66. The van der Waals surface area contributed by atoms with Gasteiger partial charge in [-0.05, 0) is 39.3 Å². The van der Waals surface area contributed by atoms with Crippen LogP contribution in [0.2, 0.25) is 0 Å². The van der Waals surface area contributed by atoms with Gasteiger partial charge in [0.25, 0.3) is 0 Å². The van der Waals surface area contributed by atoms with E-state index in [1.165, 1.54) is 0 Å². The van der Waals surface area contributed by atoms with Crippen LogP contribution in [-0.2, 0) is 4.79 Å². The number of anilines is 1. The quantitative estimate of drug-likeness (QED) is 0.836. The van der Waals surface area contributed by atoms with Crippen molar-refractivity contribution in [2.45, 2.75) is 38.7 Å². The van der Waals surface area contributed by atoms with Crippen molar-refractivity contribution in [1.29, 1.82) is 0 Å². The van der Waals surface area contributed by atoms with Crippen molar-refractivity contribution in [3.8, 4) is 5.75 Å². The molecule has 21 heavy (non-hydrogen) atoms. The highest BCUT2D eigenvalue weighted by Gasteiger charge is 2.57. The molecule has 0 bridgehead atoms. The van der Waals surface area contributed by atoms with E-state index >= 15 is 0 Å². The molecule has 0 N–H and O–H groups in total. The number of benzene rings is 1. The first-order chi connectivity index (χ1) is 9.69. The summed E-state index contributed by atoms with van der Waals surface area (Å²) in [5.41, 5.74) is 0.148. The standard InChI is InChI=1S/C16H19F2NO2/c1-15(2)9-19(12-6-4-5-7-13(12)21-15)14(20)10-8-11(10)16(3,17)18/h4-7,10-11H,8-9H2,1-3H3/t10-,11-/m1/s1. The van der Waals surface area contributed by atoms with Gasteiger partial charge in [-0.25, -0.2) is 8.78 Å². The van der Waals surface area contributed by atoms with E-state index in [2.05, 4.69) is 0 Å². The molecule has 0 aromatic heterocycles. The Kier molecular flexibility index (Phi) is 3.01. The average Bonchev–Trinajstić information content (AvgIpc) is 3.15. The minimum Gasteiger partial charge on any atom is -0.484 e. The summed E-state index contributed by atoms with van der Waals surface area (Å²) in [4.78, 5) is 14.2. The minimum absolute atomic E-state index is 0.217. The number of fused-ring (bicyclic) bond motifs is 1. The molecule has 1 aromatic carbocycles. The van der Waals surface area contributed by atoms with Crippen LogP contribution in [0.25, 0.3) is 0 Å². The van der Waals surface area contributed by atoms with Crippen LogP contribution in [0.1, 0.15) is 27.2 Å². The van der Waals surface area contributed by atoms with Crippen LogP contribution in [0.15, 0.2) is 24.3 Å². The van der Waals surface area contributed by atoms with E-state index in [1.807, 2.05) is 26.0 Å². The predicted molar refractivity (Wildman–Crippen MR) is 75.7 cm³/mol. The number of rotatable bonds is 2. The van der Waals surface area contributed by atoms with Gasteiger partial charge in [-0.3, -0.25) is 4.79 Å². The Labute approximate surface area is 122 Å². The summed E-state index contributed by atoms with van der Waals surface area (Å²) < 4.78 is 32.5. The molecule has 1 heterocycles. The smallest absolute Gasteiger partial charge is 0.248 e. The summed E-state index contributed by atoms with van der Waals surface area (Å²) in [7, 11) is 0. The molecular weight excluding hydrogens is 276 g/mol. The number of alkyl halides is 2. The molecule has 0 unspecified atom stereocenters. The predicted octanol–water partition coefficient (Wildman–Crippen LogP) is 3.48. The SMILES string of the molecule is CC1(C)CN(C(=O)[C@@H]2C[C@H]2C(C)(F)F)c2ccccc2O1. The van der Waals surface area contributed by atoms with Gasteiger partial charge in [0.1, 0.15) is 11.4 Å². The van der Waals surface area contributed by atoms with Gasteiger partial charge in [0.05, 0.1) is 12.2 Å². The maximum absolute atomic E-state index is 13.3. The van der Waals surface area contributed by atoms with Crippen LogP contribution >= 0.6 is 0 Å². The molecule has 1 amide bonds. The van der Waals surface area contributed by atoms with Gasteiger partial charge in [-0.2, -0.15) is 0 Å². The Balaban J connectivity index is 1.87. The molecule has 0 saturated heterocycles. The van der Waals surface area contributed by atoms with Gasteiger partial charge in [0.15, 0.2) is 0 Å². The van der Waals surface area contributed by atoms with Gasteiger partial charge in [0.2, 0.25) is 11.8 Å². The minimum atomic E-state index is -2.79. The summed E-state index contributed by atoms with van der Waals surface area (Å²) >= 11 is 0. The second kappa shape index (κ2) is 4.42. The summed E-state index contributed by atoms with van der Waals surface area (Å²) in [6.07, 6.45) is 0.266. The molecule has 1 aromatic rings. The fourth-order valence-corrected chi connectivity index (χ4v) is 2.99. The second-order valence-electron chi connectivity index (χ2n) is 6.66. The number of para-hydroxylation sites is 2. The van der Waals surface area contributed by atoms with E-state index < -0.39 is 23.4 Å². The number of halogens is 2. The number of hydrogen-bond acceptors (Lipinski definition) is 2. The molecule has 2 aliphatic rings. The zero-order valence-electron chi connectivity index (χ0n) is 12.4. The van der Waals surface area contributed by atoms with Gasteiger partial charge in [0, 0.05) is 11.8 Å². The highest BCUT2D eigenvalue weighted by Crippen LogP contribution is 2.51. The van der Waals surface area contributed by atoms with E-state index in [1.54, 1.807) is 17.0 Å². The first-order valence-corrected chi connectivity index (χ1v) is 7.16. The lowest BCUT2D eigenvalue weighted by Gasteiger charge is -2.39. The van der Waals surface area contributed by atoms with Crippen LogP contribution in [0.3, 0.4) is 0 Å².